The van der Waals surface area contributed by atoms with E-state index in [4.69, 9.17) is 13.9 Å². The number of furan rings is 1. The second-order valence-electron chi connectivity index (χ2n) is 8.21. The van der Waals surface area contributed by atoms with Crippen LogP contribution in [0.25, 0.3) is 0 Å². The van der Waals surface area contributed by atoms with Crippen molar-refractivity contribution < 1.29 is 28.6 Å². The van der Waals surface area contributed by atoms with Crippen molar-refractivity contribution in [3.8, 4) is 0 Å². The molecule has 0 bridgehead atoms. The van der Waals surface area contributed by atoms with Crippen LogP contribution in [0.4, 0.5) is 0 Å². The van der Waals surface area contributed by atoms with E-state index in [0.29, 0.717) is 24.8 Å². The average Bonchev–Trinajstić information content (AvgIpc) is 3.33. The number of carbonyl (C=O) groups is 2. The van der Waals surface area contributed by atoms with Crippen molar-refractivity contribution in [2.75, 3.05) is 6.61 Å². The minimum atomic E-state index is -0.786. The summed E-state index contributed by atoms with van der Waals surface area (Å²) in [4.78, 5) is 25.5. The zero-order valence-electron chi connectivity index (χ0n) is 14.6. The fourth-order valence-electron chi connectivity index (χ4n) is 6.07. The van der Waals surface area contributed by atoms with Gasteiger partial charge < -0.3 is 19.0 Å². The molecule has 2 aliphatic carbocycles. The number of fused-ring (bicyclic) bond motifs is 1. The van der Waals surface area contributed by atoms with Gasteiger partial charge in [0.05, 0.1) is 29.5 Å². The van der Waals surface area contributed by atoms with Gasteiger partial charge >= 0.3 is 11.9 Å². The lowest BCUT2D eigenvalue weighted by atomic mass is 9.45. The molecule has 6 atom stereocenters. The number of aliphatic hydroxyl groups is 1. The van der Waals surface area contributed by atoms with Crippen molar-refractivity contribution in [2.24, 2.45) is 22.7 Å². The summed E-state index contributed by atoms with van der Waals surface area (Å²) in [5.41, 5.74) is -0.0825. The van der Waals surface area contributed by atoms with Gasteiger partial charge in [-0.1, -0.05) is 13.0 Å². The molecule has 4 aliphatic rings. The molecular formula is C20H22O6. The van der Waals surface area contributed by atoms with Gasteiger partial charge in [0.1, 0.15) is 12.7 Å². The van der Waals surface area contributed by atoms with Crippen LogP contribution in [0.5, 0.6) is 0 Å². The zero-order valence-corrected chi connectivity index (χ0v) is 14.6. The van der Waals surface area contributed by atoms with Gasteiger partial charge in [-0.15, -0.1) is 0 Å². The number of hydrogen-bond acceptors (Lipinski definition) is 6. The number of rotatable bonds is 1. The summed E-state index contributed by atoms with van der Waals surface area (Å²) in [5, 5.41) is 11.0. The largest absolute Gasteiger partial charge is 0.472 e. The molecule has 26 heavy (non-hydrogen) atoms. The minimum Gasteiger partial charge on any atom is -0.472 e. The average molecular weight is 358 g/mol. The van der Waals surface area contributed by atoms with Crippen LogP contribution in [-0.4, -0.2) is 29.8 Å². The van der Waals surface area contributed by atoms with Crippen molar-refractivity contribution in [1.29, 1.82) is 0 Å². The summed E-state index contributed by atoms with van der Waals surface area (Å²) in [7, 11) is 0. The fraction of sp³-hybridized carbons (Fsp3) is 0.600. The van der Waals surface area contributed by atoms with Crippen LogP contribution in [0, 0.1) is 22.7 Å². The summed E-state index contributed by atoms with van der Waals surface area (Å²) in [5.74, 6) is -0.763. The van der Waals surface area contributed by atoms with Gasteiger partial charge in [-0.3, -0.25) is 4.79 Å². The Kier molecular flexibility index (Phi) is 3.24. The number of hydrogen-bond donors (Lipinski definition) is 1. The molecule has 3 heterocycles. The van der Waals surface area contributed by atoms with Crippen molar-refractivity contribution in [3.63, 3.8) is 0 Å². The Morgan fingerprint density at radius 2 is 2.12 bits per heavy atom. The van der Waals surface area contributed by atoms with Crippen molar-refractivity contribution in [2.45, 2.75) is 44.8 Å². The lowest BCUT2D eigenvalue weighted by molar-refractivity contribution is -0.174. The smallest absolute Gasteiger partial charge is 0.334 e. The van der Waals surface area contributed by atoms with E-state index >= 15 is 0 Å². The van der Waals surface area contributed by atoms with Crippen molar-refractivity contribution in [3.05, 3.63) is 35.8 Å². The number of aliphatic hydroxyl groups excluding tert-OH is 1. The van der Waals surface area contributed by atoms with Crippen LogP contribution in [0.3, 0.4) is 0 Å². The second kappa shape index (κ2) is 5.22. The molecule has 6 nitrogen and oxygen atoms in total. The molecule has 2 aliphatic heterocycles. The molecule has 0 unspecified atom stereocenters. The molecule has 5 rings (SSSR count). The molecule has 0 aromatic carbocycles. The van der Waals surface area contributed by atoms with Crippen LogP contribution >= 0.6 is 0 Å². The molecule has 0 radical (unpaired) electrons. The minimum absolute atomic E-state index is 0.0346. The predicted octanol–water partition coefficient (Wildman–Crippen LogP) is 2.53. The molecule has 1 saturated carbocycles. The van der Waals surface area contributed by atoms with E-state index in [9.17, 15) is 14.7 Å². The molecule has 138 valence electrons. The first-order valence-corrected chi connectivity index (χ1v) is 9.29. The first-order valence-electron chi connectivity index (χ1n) is 9.29. The maximum atomic E-state index is 13.2. The van der Waals surface area contributed by atoms with Gasteiger partial charge in [0.2, 0.25) is 0 Å². The molecule has 2 spiro atoms. The highest BCUT2D eigenvalue weighted by Crippen LogP contribution is 2.67. The third kappa shape index (κ3) is 1.76. The van der Waals surface area contributed by atoms with Crippen LogP contribution in [-0.2, 0) is 19.1 Å². The molecule has 6 heteroatoms. The van der Waals surface area contributed by atoms with Gasteiger partial charge in [-0.25, -0.2) is 4.79 Å². The van der Waals surface area contributed by atoms with Gasteiger partial charge in [-0.2, -0.15) is 0 Å². The number of carbonyl (C=O) groups excluding carboxylic acids is 2. The number of ether oxygens (including phenoxy) is 2. The zero-order chi connectivity index (χ0) is 18.1. The molecule has 1 N–H and O–H groups in total. The first kappa shape index (κ1) is 16.1. The summed E-state index contributed by atoms with van der Waals surface area (Å²) in [6.45, 7) is 2.17. The number of esters is 2. The van der Waals surface area contributed by atoms with Crippen LogP contribution < -0.4 is 0 Å². The predicted molar refractivity (Wildman–Crippen MR) is 88.6 cm³/mol. The Bertz CT molecular complexity index is 795. The Hall–Kier alpha value is -2.08. The Balaban J connectivity index is 1.62. The molecule has 1 aromatic rings. The number of allylic oxidation sites excluding steroid dienone is 1. The SMILES string of the molecule is C[C@@H]1C[C@@H](O)[C@]23COC(=O)C2=CCC[C@@H]3[C@@]12C[C@@H](c1ccoc1)OC2=O. The Morgan fingerprint density at radius 3 is 2.88 bits per heavy atom. The van der Waals surface area contributed by atoms with Crippen LogP contribution in [0.1, 0.15) is 44.3 Å². The molecule has 1 aromatic heterocycles. The Labute approximate surface area is 151 Å². The third-order valence-corrected chi connectivity index (χ3v) is 7.33. The topological polar surface area (TPSA) is 86.0 Å². The number of cyclic esters (lactones) is 2. The van der Waals surface area contributed by atoms with E-state index in [1.54, 1.807) is 12.5 Å². The van der Waals surface area contributed by atoms with Gasteiger partial charge in [0.25, 0.3) is 0 Å². The van der Waals surface area contributed by atoms with E-state index < -0.39 is 16.9 Å². The highest BCUT2D eigenvalue weighted by atomic mass is 16.6. The molecule has 0 amide bonds. The highest BCUT2D eigenvalue weighted by molar-refractivity contribution is 5.93. The Morgan fingerprint density at radius 1 is 1.27 bits per heavy atom. The summed E-state index contributed by atoms with van der Waals surface area (Å²) < 4.78 is 16.3. The van der Waals surface area contributed by atoms with Gasteiger partial charge in [0, 0.05) is 17.6 Å². The molecule has 3 fully saturated rings. The first-order chi connectivity index (χ1) is 12.5. The maximum absolute atomic E-state index is 13.2. The van der Waals surface area contributed by atoms with Gasteiger partial charge in [-0.05, 0) is 37.2 Å². The summed E-state index contributed by atoms with van der Waals surface area (Å²) >= 11 is 0. The fourth-order valence-corrected chi connectivity index (χ4v) is 6.07. The van der Waals surface area contributed by atoms with Crippen LogP contribution in [0.15, 0.2) is 34.7 Å². The van der Waals surface area contributed by atoms with E-state index in [0.717, 1.165) is 12.0 Å². The molecular weight excluding hydrogens is 336 g/mol. The quantitative estimate of drug-likeness (QED) is 0.777. The summed E-state index contributed by atoms with van der Waals surface area (Å²) in [6, 6.07) is 1.82. The normalized spacial score (nSPS) is 44.3. The standard InChI is InChI=1S/C20H22O6/c1-11-7-16(21)20-10-25-17(22)13(20)3-2-4-15(20)19(11)8-14(26-18(19)23)12-5-6-24-9-12/h3,5-6,9,11,14-16,21H,2,4,7-8,10H2,1H3/t11-,14+,15-,16-,19-,20-/m1/s1. The highest BCUT2D eigenvalue weighted by Gasteiger charge is 2.71. The van der Waals surface area contributed by atoms with Crippen LogP contribution in [0.2, 0.25) is 0 Å². The lowest BCUT2D eigenvalue weighted by Gasteiger charge is -2.56. The van der Waals surface area contributed by atoms with Gasteiger partial charge in [0.15, 0.2) is 0 Å². The monoisotopic (exact) mass is 358 g/mol. The van der Waals surface area contributed by atoms with Crippen molar-refractivity contribution >= 4 is 11.9 Å². The van der Waals surface area contributed by atoms with E-state index in [-0.39, 0.29) is 36.5 Å². The second-order valence-corrected chi connectivity index (χ2v) is 8.21. The van der Waals surface area contributed by atoms with Crippen molar-refractivity contribution in [1.82, 2.24) is 0 Å². The van der Waals surface area contributed by atoms with E-state index in [1.807, 2.05) is 19.1 Å². The molecule has 2 saturated heterocycles. The van der Waals surface area contributed by atoms with E-state index in [2.05, 4.69) is 0 Å². The third-order valence-electron chi connectivity index (χ3n) is 7.33. The lowest BCUT2D eigenvalue weighted by Crippen LogP contribution is -2.60. The van der Waals surface area contributed by atoms with E-state index in [1.165, 1.54) is 0 Å². The maximum Gasteiger partial charge on any atom is 0.334 e. The summed E-state index contributed by atoms with van der Waals surface area (Å²) in [6.07, 6.45) is 6.52.